The van der Waals surface area contributed by atoms with Gasteiger partial charge >= 0.3 is 5.97 Å². The van der Waals surface area contributed by atoms with Crippen LogP contribution in [0.2, 0.25) is 0 Å². The minimum atomic E-state index is -3.85. The molecule has 0 unspecified atom stereocenters. The molecule has 0 radical (unpaired) electrons. The molecule has 150 valence electrons. The van der Waals surface area contributed by atoms with E-state index in [1.807, 2.05) is 19.1 Å². The van der Waals surface area contributed by atoms with Crippen molar-refractivity contribution in [3.05, 3.63) is 59.7 Å². The van der Waals surface area contributed by atoms with E-state index in [4.69, 9.17) is 4.74 Å². The third-order valence-corrected chi connectivity index (χ3v) is 5.69. The molecule has 0 saturated carbocycles. The van der Waals surface area contributed by atoms with Crippen LogP contribution in [-0.4, -0.2) is 40.0 Å². The Balaban J connectivity index is 2.18. The van der Waals surface area contributed by atoms with Gasteiger partial charge in [-0.2, -0.15) is 0 Å². The molecule has 2 aromatic rings. The summed E-state index contributed by atoms with van der Waals surface area (Å²) >= 11 is 0. The first kappa shape index (κ1) is 21.4. The van der Waals surface area contributed by atoms with Gasteiger partial charge in [-0.05, 0) is 51.1 Å². The fourth-order valence-corrected chi connectivity index (χ4v) is 3.65. The van der Waals surface area contributed by atoms with Gasteiger partial charge in [-0.15, -0.1) is 0 Å². The zero-order valence-electron chi connectivity index (χ0n) is 16.3. The molecule has 28 heavy (non-hydrogen) atoms. The first-order valence-electron chi connectivity index (χ1n) is 8.74. The summed E-state index contributed by atoms with van der Waals surface area (Å²) in [5.41, 5.74) is 1.66. The maximum absolute atomic E-state index is 12.9. The standard InChI is InChI=1S/C20H24N2O5S/c1-14(2)27-19(23)13-21-20(24)16-6-5-7-18(12-16)28(25,26)22(4)17-10-8-15(3)9-11-17/h5-12,14H,13H2,1-4H3,(H,21,24). The Morgan fingerprint density at radius 1 is 1.11 bits per heavy atom. The molecule has 0 atom stereocenters. The van der Waals surface area contributed by atoms with Crippen molar-refractivity contribution in [1.29, 1.82) is 0 Å². The van der Waals surface area contributed by atoms with Crippen molar-refractivity contribution in [2.24, 2.45) is 0 Å². The summed E-state index contributed by atoms with van der Waals surface area (Å²) in [5.74, 6) is -1.12. The zero-order chi connectivity index (χ0) is 20.9. The highest BCUT2D eigenvalue weighted by atomic mass is 32.2. The number of benzene rings is 2. The fraction of sp³-hybridized carbons (Fsp3) is 0.300. The quantitative estimate of drug-likeness (QED) is 0.716. The van der Waals surface area contributed by atoms with E-state index < -0.39 is 21.9 Å². The summed E-state index contributed by atoms with van der Waals surface area (Å²) in [7, 11) is -2.39. The van der Waals surface area contributed by atoms with Gasteiger partial charge < -0.3 is 10.1 Å². The highest BCUT2D eigenvalue weighted by Crippen LogP contribution is 2.23. The average molecular weight is 404 g/mol. The lowest BCUT2D eigenvalue weighted by atomic mass is 10.2. The summed E-state index contributed by atoms with van der Waals surface area (Å²) in [6.07, 6.45) is -0.282. The lowest BCUT2D eigenvalue weighted by molar-refractivity contribution is -0.146. The average Bonchev–Trinajstić information content (AvgIpc) is 2.65. The molecule has 0 aromatic heterocycles. The van der Waals surface area contributed by atoms with E-state index >= 15 is 0 Å². The Bertz CT molecular complexity index is 953. The Hall–Kier alpha value is -2.87. The topological polar surface area (TPSA) is 92.8 Å². The summed E-state index contributed by atoms with van der Waals surface area (Å²) < 4.78 is 31.9. The zero-order valence-corrected chi connectivity index (χ0v) is 17.1. The molecule has 0 saturated heterocycles. The molecule has 0 heterocycles. The number of amides is 1. The molecule has 0 aliphatic rings. The van der Waals surface area contributed by atoms with Crippen LogP contribution in [0.5, 0.6) is 0 Å². The number of carbonyl (C=O) groups is 2. The Morgan fingerprint density at radius 2 is 1.75 bits per heavy atom. The lowest BCUT2D eigenvalue weighted by Gasteiger charge is -2.20. The second-order valence-corrected chi connectivity index (χ2v) is 8.53. The van der Waals surface area contributed by atoms with Crippen molar-refractivity contribution in [2.75, 3.05) is 17.9 Å². The van der Waals surface area contributed by atoms with Gasteiger partial charge in [0.2, 0.25) is 0 Å². The number of rotatable bonds is 7. The Morgan fingerprint density at radius 3 is 2.36 bits per heavy atom. The van der Waals surface area contributed by atoms with E-state index in [2.05, 4.69) is 5.32 Å². The summed E-state index contributed by atoms with van der Waals surface area (Å²) in [5, 5.41) is 2.43. The first-order chi connectivity index (χ1) is 13.1. The molecule has 1 N–H and O–H groups in total. The van der Waals surface area contributed by atoms with Gasteiger partial charge in [0.25, 0.3) is 15.9 Å². The molecule has 8 heteroatoms. The SMILES string of the molecule is Cc1ccc(N(C)S(=O)(=O)c2cccc(C(=O)NCC(=O)OC(C)C)c2)cc1. The smallest absolute Gasteiger partial charge is 0.325 e. The van der Waals surface area contributed by atoms with Gasteiger partial charge in [0.15, 0.2) is 0 Å². The number of carbonyl (C=O) groups excluding carboxylic acids is 2. The predicted octanol–water partition coefficient (Wildman–Crippen LogP) is 2.50. The highest BCUT2D eigenvalue weighted by molar-refractivity contribution is 7.92. The number of nitrogens with zero attached hydrogens (tertiary/aromatic N) is 1. The van der Waals surface area contributed by atoms with Gasteiger partial charge in [0, 0.05) is 12.6 Å². The van der Waals surface area contributed by atoms with Gasteiger partial charge in [-0.25, -0.2) is 8.42 Å². The number of hydrogen-bond acceptors (Lipinski definition) is 5. The maximum atomic E-state index is 12.9. The molecule has 2 aromatic carbocycles. The second-order valence-electron chi connectivity index (χ2n) is 6.56. The summed E-state index contributed by atoms with van der Waals surface area (Å²) in [4.78, 5) is 23.8. The molecule has 7 nitrogen and oxygen atoms in total. The largest absolute Gasteiger partial charge is 0.462 e. The molecule has 1 amide bonds. The van der Waals surface area contributed by atoms with E-state index in [9.17, 15) is 18.0 Å². The van der Waals surface area contributed by atoms with E-state index in [-0.39, 0.29) is 23.1 Å². The van der Waals surface area contributed by atoms with Crippen LogP contribution < -0.4 is 9.62 Å². The van der Waals surface area contributed by atoms with Crippen molar-refractivity contribution < 1.29 is 22.7 Å². The Kier molecular flexibility index (Phi) is 6.80. The lowest BCUT2D eigenvalue weighted by Crippen LogP contribution is -2.32. The molecule has 2 rings (SSSR count). The van der Waals surface area contributed by atoms with Crippen LogP contribution in [0.1, 0.15) is 29.8 Å². The van der Waals surface area contributed by atoms with E-state index in [1.165, 1.54) is 31.3 Å². The number of esters is 1. The van der Waals surface area contributed by atoms with Crippen LogP contribution in [0.4, 0.5) is 5.69 Å². The number of hydrogen-bond donors (Lipinski definition) is 1. The van der Waals surface area contributed by atoms with Gasteiger partial charge in [0.05, 0.1) is 16.7 Å². The number of ether oxygens (including phenoxy) is 1. The van der Waals surface area contributed by atoms with Gasteiger partial charge in [0.1, 0.15) is 6.54 Å². The van der Waals surface area contributed by atoms with Crippen LogP contribution >= 0.6 is 0 Å². The van der Waals surface area contributed by atoms with Crippen LogP contribution in [-0.2, 0) is 19.6 Å². The van der Waals surface area contributed by atoms with Crippen LogP contribution in [0.25, 0.3) is 0 Å². The van der Waals surface area contributed by atoms with Crippen molar-refractivity contribution in [3.8, 4) is 0 Å². The molecular weight excluding hydrogens is 380 g/mol. The van der Waals surface area contributed by atoms with Gasteiger partial charge in [-0.3, -0.25) is 13.9 Å². The molecule has 0 aliphatic carbocycles. The number of sulfonamides is 1. The minimum absolute atomic E-state index is 0.0204. The van der Waals surface area contributed by atoms with Crippen LogP contribution in [0.15, 0.2) is 53.4 Å². The van der Waals surface area contributed by atoms with E-state index in [1.54, 1.807) is 26.0 Å². The summed E-state index contributed by atoms with van der Waals surface area (Å²) in [6.45, 7) is 5.03. The number of anilines is 1. The second kappa shape index (κ2) is 8.88. The monoisotopic (exact) mass is 404 g/mol. The van der Waals surface area contributed by atoms with Crippen molar-refractivity contribution in [1.82, 2.24) is 5.32 Å². The molecule has 0 spiro atoms. The molecule has 0 bridgehead atoms. The number of aryl methyl sites for hydroxylation is 1. The van der Waals surface area contributed by atoms with Crippen molar-refractivity contribution in [3.63, 3.8) is 0 Å². The molecule has 0 fully saturated rings. The summed E-state index contributed by atoms with van der Waals surface area (Å²) in [6, 6.07) is 12.7. The fourth-order valence-electron chi connectivity index (χ4n) is 2.41. The minimum Gasteiger partial charge on any atom is -0.462 e. The number of nitrogens with one attached hydrogen (secondary N) is 1. The maximum Gasteiger partial charge on any atom is 0.325 e. The third-order valence-electron chi connectivity index (χ3n) is 3.91. The van der Waals surface area contributed by atoms with Crippen molar-refractivity contribution in [2.45, 2.75) is 31.8 Å². The van der Waals surface area contributed by atoms with Crippen molar-refractivity contribution >= 4 is 27.6 Å². The van der Waals surface area contributed by atoms with Crippen LogP contribution in [0.3, 0.4) is 0 Å². The Labute approximate surface area is 165 Å². The van der Waals surface area contributed by atoms with E-state index in [0.717, 1.165) is 9.87 Å². The normalized spacial score (nSPS) is 11.2. The van der Waals surface area contributed by atoms with E-state index in [0.29, 0.717) is 5.69 Å². The third kappa shape index (κ3) is 5.32. The predicted molar refractivity (Wildman–Crippen MR) is 107 cm³/mol. The van der Waals surface area contributed by atoms with Gasteiger partial charge in [-0.1, -0.05) is 23.8 Å². The first-order valence-corrected chi connectivity index (χ1v) is 10.2. The highest BCUT2D eigenvalue weighted by Gasteiger charge is 2.22. The molecular formula is C20H24N2O5S. The van der Waals surface area contributed by atoms with Crippen LogP contribution in [0, 0.1) is 6.92 Å². The molecule has 0 aliphatic heterocycles.